The molecule has 0 aromatic carbocycles. The van der Waals surface area contributed by atoms with E-state index in [1.807, 2.05) is 0 Å². The van der Waals surface area contributed by atoms with E-state index in [9.17, 15) is 0 Å². The van der Waals surface area contributed by atoms with E-state index in [4.69, 9.17) is 9.84 Å². The Morgan fingerprint density at radius 2 is 2.00 bits per heavy atom. The van der Waals surface area contributed by atoms with Crippen LogP contribution in [-0.4, -0.2) is 37.5 Å². The largest absolute Gasteiger partial charge is 0.395 e. The molecule has 1 fully saturated rings. The van der Waals surface area contributed by atoms with Gasteiger partial charge in [-0.1, -0.05) is 6.92 Å². The van der Waals surface area contributed by atoms with Crippen molar-refractivity contribution in [2.24, 2.45) is 5.92 Å². The monoisotopic (exact) mass is 201 g/mol. The quantitative estimate of drug-likeness (QED) is 0.701. The highest BCUT2D eigenvalue weighted by Crippen LogP contribution is 2.23. The van der Waals surface area contributed by atoms with Gasteiger partial charge in [0.15, 0.2) is 0 Å². The predicted octanol–water partition coefficient (Wildman–Crippen LogP) is 1.16. The third-order valence-corrected chi connectivity index (χ3v) is 3.08. The summed E-state index contributed by atoms with van der Waals surface area (Å²) in [5.74, 6) is 0.878. The van der Waals surface area contributed by atoms with Crippen molar-refractivity contribution in [3.63, 3.8) is 0 Å². The highest BCUT2D eigenvalue weighted by molar-refractivity contribution is 4.78. The molecule has 1 atom stereocenters. The number of nitrogens with one attached hydrogen (secondary N) is 1. The molecule has 3 heteroatoms. The Kier molecular flexibility index (Phi) is 5.45. The molecular weight excluding hydrogens is 178 g/mol. The van der Waals surface area contributed by atoms with Gasteiger partial charge in [-0.25, -0.2) is 0 Å². The second kappa shape index (κ2) is 6.38. The summed E-state index contributed by atoms with van der Waals surface area (Å²) in [6.07, 6.45) is 5.09. The number of hydrogen-bond acceptors (Lipinski definition) is 3. The molecule has 0 aromatic rings. The smallest absolute Gasteiger partial charge is 0.0638 e. The van der Waals surface area contributed by atoms with Crippen LogP contribution in [0.1, 0.15) is 32.6 Å². The Balaban J connectivity index is 2.21. The topological polar surface area (TPSA) is 41.5 Å². The van der Waals surface area contributed by atoms with Crippen LogP contribution in [0.2, 0.25) is 0 Å². The Labute approximate surface area is 86.8 Å². The summed E-state index contributed by atoms with van der Waals surface area (Å²) in [6.45, 7) is 3.08. The van der Waals surface area contributed by atoms with Gasteiger partial charge in [0, 0.05) is 13.2 Å². The molecule has 0 radical (unpaired) electrons. The maximum atomic E-state index is 9.10. The summed E-state index contributed by atoms with van der Waals surface area (Å²) in [5.41, 5.74) is 0. The van der Waals surface area contributed by atoms with Gasteiger partial charge in [0.25, 0.3) is 0 Å². The van der Waals surface area contributed by atoms with Crippen LogP contribution < -0.4 is 5.32 Å². The number of hydrogen-bond donors (Lipinski definition) is 2. The molecule has 0 bridgehead atoms. The number of rotatable bonds is 5. The first-order valence-electron chi connectivity index (χ1n) is 5.62. The molecule has 0 aliphatic heterocycles. The lowest BCUT2D eigenvalue weighted by molar-refractivity contribution is 0.116. The normalized spacial score (nSPS) is 30.2. The highest BCUT2D eigenvalue weighted by Gasteiger charge is 2.20. The molecule has 1 aliphatic carbocycles. The van der Waals surface area contributed by atoms with Gasteiger partial charge >= 0.3 is 0 Å². The van der Waals surface area contributed by atoms with Crippen LogP contribution in [-0.2, 0) is 4.74 Å². The van der Waals surface area contributed by atoms with Crippen molar-refractivity contribution in [2.75, 3.05) is 20.3 Å². The molecule has 1 saturated carbocycles. The van der Waals surface area contributed by atoms with Gasteiger partial charge in [-0.3, -0.25) is 0 Å². The van der Waals surface area contributed by atoms with Gasteiger partial charge in [0.05, 0.1) is 19.3 Å². The molecule has 1 unspecified atom stereocenters. The molecule has 0 amide bonds. The average Bonchev–Trinajstić information content (AvgIpc) is 2.20. The maximum Gasteiger partial charge on any atom is 0.0638 e. The van der Waals surface area contributed by atoms with Crippen molar-refractivity contribution in [2.45, 2.75) is 44.7 Å². The SMILES string of the molecule is COCC(CO)NC1CCC(C)CC1. The van der Waals surface area contributed by atoms with Crippen molar-refractivity contribution in [1.82, 2.24) is 5.32 Å². The lowest BCUT2D eigenvalue weighted by atomic mass is 9.87. The van der Waals surface area contributed by atoms with Crippen LogP contribution in [0.3, 0.4) is 0 Å². The highest BCUT2D eigenvalue weighted by atomic mass is 16.5. The van der Waals surface area contributed by atoms with E-state index in [1.165, 1.54) is 25.7 Å². The van der Waals surface area contributed by atoms with Gasteiger partial charge in [-0.15, -0.1) is 0 Å². The molecule has 0 aromatic heterocycles. The predicted molar refractivity (Wildman–Crippen MR) is 57.3 cm³/mol. The number of methoxy groups -OCH3 is 1. The zero-order valence-electron chi connectivity index (χ0n) is 9.33. The van der Waals surface area contributed by atoms with Crippen LogP contribution in [0.15, 0.2) is 0 Å². The Bertz CT molecular complexity index is 144. The fourth-order valence-electron chi connectivity index (χ4n) is 2.11. The molecule has 0 spiro atoms. The standard InChI is InChI=1S/C11H23NO2/c1-9-3-5-10(6-4-9)12-11(7-13)8-14-2/h9-13H,3-8H2,1-2H3. The summed E-state index contributed by atoms with van der Waals surface area (Å²) in [4.78, 5) is 0. The molecule has 0 heterocycles. The summed E-state index contributed by atoms with van der Waals surface area (Å²) in [7, 11) is 1.67. The Hall–Kier alpha value is -0.120. The molecular formula is C11H23NO2. The van der Waals surface area contributed by atoms with Crippen molar-refractivity contribution >= 4 is 0 Å². The minimum absolute atomic E-state index is 0.110. The molecule has 1 rings (SSSR count). The van der Waals surface area contributed by atoms with E-state index >= 15 is 0 Å². The van der Waals surface area contributed by atoms with Gasteiger partial charge in [0.2, 0.25) is 0 Å². The number of aliphatic hydroxyl groups is 1. The molecule has 1 aliphatic rings. The summed E-state index contributed by atoms with van der Waals surface area (Å²) in [6, 6.07) is 0.692. The first kappa shape index (κ1) is 12.0. The van der Waals surface area contributed by atoms with Crippen molar-refractivity contribution in [3.8, 4) is 0 Å². The molecule has 0 saturated heterocycles. The summed E-state index contributed by atoms with van der Waals surface area (Å²) >= 11 is 0. The third kappa shape index (κ3) is 3.95. The van der Waals surface area contributed by atoms with E-state index in [-0.39, 0.29) is 12.6 Å². The maximum absolute atomic E-state index is 9.10. The third-order valence-electron chi connectivity index (χ3n) is 3.08. The van der Waals surface area contributed by atoms with Crippen molar-refractivity contribution in [1.29, 1.82) is 0 Å². The fourth-order valence-corrected chi connectivity index (χ4v) is 2.11. The van der Waals surface area contributed by atoms with Crippen LogP contribution in [0.25, 0.3) is 0 Å². The fraction of sp³-hybridized carbons (Fsp3) is 1.00. The van der Waals surface area contributed by atoms with Crippen molar-refractivity contribution in [3.05, 3.63) is 0 Å². The van der Waals surface area contributed by atoms with Gasteiger partial charge in [-0.2, -0.15) is 0 Å². The first-order valence-corrected chi connectivity index (χ1v) is 5.62. The van der Waals surface area contributed by atoms with Gasteiger partial charge in [-0.05, 0) is 31.6 Å². The minimum atomic E-state index is 0.110. The number of aliphatic hydroxyl groups excluding tert-OH is 1. The van der Waals surface area contributed by atoms with Crippen LogP contribution in [0.5, 0.6) is 0 Å². The molecule has 3 nitrogen and oxygen atoms in total. The average molecular weight is 201 g/mol. The van der Waals surface area contributed by atoms with Gasteiger partial charge in [0.1, 0.15) is 0 Å². The van der Waals surface area contributed by atoms with Gasteiger partial charge < -0.3 is 15.2 Å². The van der Waals surface area contributed by atoms with E-state index in [0.29, 0.717) is 12.6 Å². The summed E-state index contributed by atoms with van der Waals surface area (Å²) in [5, 5.41) is 12.5. The summed E-state index contributed by atoms with van der Waals surface area (Å²) < 4.78 is 5.04. The van der Waals surface area contributed by atoms with Crippen LogP contribution in [0.4, 0.5) is 0 Å². The second-order valence-corrected chi connectivity index (χ2v) is 4.46. The van der Waals surface area contributed by atoms with E-state index < -0.39 is 0 Å². The van der Waals surface area contributed by atoms with E-state index in [2.05, 4.69) is 12.2 Å². The Morgan fingerprint density at radius 1 is 1.36 bits per heavy atom. The van der Waals surface area contributed by atoms with Crippen LogP contribution in [0, 0.1) is 5.92 Å². The zero-order chi connectivity index (χ0) is 10.4. The molecule has 2 N–H and O–H groups in total. The van der Waals surface area contributed by atoms with E-state index in [1.54, 1.807) is 7.11 Å². The molecule has 14 heavy (non-hydrogen) atoms. The lowest BCUT2D eigenvalue weighted by Crippen LogP contribution is -2.44. The zero-order valence-corrected chi connectivity index (χ0v) is 9.33. The van der Waals surface area contributed by atoms with Crippen molar-refractivity contribution < 1.29 is 9.84 Å². The van der Waals surface area contributed by atoms with Crippen LogP contribution >= 0.6 is 0 Å². The number of ether oxygens (including phenoxy) is 1. The minimum Gasteiger partial charge on any atom is -0.395 e. The van der Waals surface area contributed by atoms with E-state index in [0.717, 1.165) is 5.92 Å². The molecule has 84 valence electrons. The lowest BCUT2D eigenvalue weighted by Gasteiger charge is -2.30. The first-order chi connectivity index (χ1) is 6.76. The Morgan fingerprint density at radius 3 is 2.50 bits per heavy atom. The second-order valence-electron chi connectivity index (χ2n) is 4.46.